The van der Waals surface area contributed by atoms with Gasteiger partial charge in [0.05, 0.1) is 0 Å². The lowest BCUT2D eigenvalue weighted by atomic mass is 9.96. The van der Waals surface area contributed by atoms with E-state index in [0.29, 0.717) is 6.04 Å². The molecule has 0 aliphatic heterocycles. The van der Waals surface area contributed by atoms with Gasteiger partial charge in [-0.3, -0.25) is 0 Å². The van der Waals surface area contributed by atoms with Gasteiger partial charge in [-0.15, -0.1) is 0 Å². The van der Waals surface area contributed by atoms with Crippen LogP contribution in [0.25, 0.3) is 0 Å². The molecule has 4 heteroatoms. The molecule has 3 nitrogen and oxygen atoms in total. The van der Waals surface area contributed by atoms with Crippen molar-refractivity contribution >= 4 is 16.7 Å². The predicted molar refractivity (Wildman–Crippen MR) is 57.0 cm³/mol. The second-order valence-electron chi connectivity index (χ2n) is 3.65. The van der Waals surface area contributed by atoms with E-state index >= 15 is 0 Å². The highest BCUT2D eigenvalue weighted by Gasteiger charge is 2.14. The summed E-state index contributed by atoms with van der Waals surface area (Å²) in [4.78, 5) is 11.3. The van der Waals surface area contributed by atoms with Gasteiger partial charge in [0.15, 0.2) is 0 Å². The molecule has 76 valence electrons. The average molecular weight is 202 g/mol. The maximum absolute atomic E-state index is 11.3. The molecule has 1 aliphatic carbocycles. The molecule has 1 fully saturated rings. The first kappa shape index (κ1) is 10.7. The van der Waals surface area contributed by atoms with Crippen LogP contribution in [0.1, 0.15) is 32.1 Å². The van der Waals surface area contributed by atoms with Crippen molar-refractivity contribution in [2.45, 2.75) is 38.1 Å². The molecule has 1 aliphatic rings. The summed E-state index contributed by atoms with van der Waals surface area (Å²) in [7, 11) is -0.137. The smallest absolute Gasteiger partial charge is 0.333 e. The predicted octanol–water partition coefficient (Wildman–Crippen LogP) is 2.09. The Labute approximate surface area is 82.4 Å². The summed E-state index contributed by atoms with van der Waals surface area (Å²) < 4.78 is 3.95. The van der Waals surface area contributed by atoms with Crippen LogP contribution in [0.4, 0.5) is 4.79 Å². The van der Waals surface area contributed by atoms with Gasteiger partial charge in [0.25, 0.3) is 0 Å². The number of urea groups is 1. The lowest BCUT2D eigenvalue weighted by molar-refractivity contribution is 0.241. The third kappa shape index (κ3) is 4.41. The van der Waals surface area contributed by atoms with Crippen molar-refractivity contribution in [3.8, 4) is 0 Å². The molecule has 0 unspecified atom stereocenters. The van der Waals surface area contributed by atoms with Crippen molar-refractivity contribution in [3.05, 3.63) is 0 Å². The van der Waals surface area contributed by atoms with E-state index in [0.717, 1.165) is 12.8 Å². The largest absolute Gasteiger partial charge is 0.347 e. The van der Waals surface area contributed by atoms with E-state index in [1.54, 1.807) is 0 Å². The average Bonchev–Trinajstić information content (AvgIpc) is 2.04. The highest BCUT2D eigenvalue weighted by atomic mass is 32.2. The van der Waals surface area contributed by atoms with Gasteiger partial charge in [-0.1, -0.05) is 30.0 Å². The van der Waals surface area contributed by atoms with Gasteiger partial charge in [0.2, 0.25) is 0 Å². The number of rotatable bonds is 1. The molecule has 0 aromatic heterocycles. The number of carbonyl (C=O) groups is 1. The number of hydrogen-bond acceptors (Lipinski definition) is 1. The Kier molecular flexibility index (Phi) is 4.42. The Hall–Kier alpha value is -0.380. The van der Waals surface area contributed by atoms with E-state index in [4.69, 9.17) is 0 Å². The molecule has 0 atom stereocenters. The van der Waals surface area contributed by atoms with Crippen LogP contribution in [0.3, 0.4) is 0 Å². The molecule has 0 bridgehead atoms. The first-order valence-electron chi connectivity index (χ1n) is 4.78. The zero-order valence-electron chi connectivity index (χ0n) is 8.38. The minimum absolute atomic E-state index is 0.125. The van der Waals surface area contributed by atoms with E-state index in [9.17, 15) is 4.79 Å². The van der Waals surface area contributed by atoms with Crippen molar-refractivity contribution in [2.24, 2.45) is 4.36 Å². The molecule has 0 heterocycles. The summed E-state index contributed by atoms with van der Waals surface area (Å²) in [6.07, 6.45) is 9.95. The summed E-state index contributed by atoms with van der Waals surface area (Å²) in [6.45, 7) is 0. The molecule has 1 saturated carbocycles. The van der Waals surface area contributed by atoms with Crippen LogP contribution in [0.5, 0.6) is 0 Å². The lowest BCUT2D eigenvalue weighted by Gasteiger charge is -2.21. The molecular weight excluding hydrogens is 184 g/mol. The molecule has 2 amide bonds. The molecule has 0 aromatic rings. The minimum Gasteiger partial charge on any atom is -0.333 e. The summed E-state index contributed by atoms with van der Waals surface area (Å²) in [6, 6.07) is 0.258. The normalized spacial score (nSPS) is 18.7. The van der Waals surface area contributed by atoms with Gasteiger partial charge >= 0.3 is 6.03 Å². The van der Waals surface area contributed by atoms with Gasteiger partial charge in [-0.05, 0) is 25.4 Å². The second kappa shape index (κ2) is 5.37. The van der Waals surface area contributed by atoms with Crippen molar-refractivity contribution in [1.29, 1.82) is 0 Å². The van der Waals surface area contributed by atoms with Crippen molar-refractivity contribution in [3.63, 3.8) is 0 Å². The van der Waals surface area contributed by atoms with E-state index < -0.39 is 0 Å². The van der Waals surface area contributed by atoms with Gasteiger partial charge in [0, 0.05) is 6.04 Å². The Morgan fingerprint density at radius 1 is 1.31 bits per heavy atom. The summed E-state index contributed by atoms with van der Waals surface area (Å²) >= 11 is 0. The number of nitrogens with one attached hydrogen (secondary N) is 1. The Morgan fingerprint density at radius 3 is 2.46 bits per heavy atom. The Balaban J connectivity index is 2.30. The van der Waals surface area contributed by atoms with Crippen LogP contribution in [-0.4, -0.2) is 24.6 Å². The summed E-state index contributed by atoms with van der Waals surface area (Å²) in [5.41, 5.74) is 0. The summed E-state index contributed by atoms with van der Waals surface area (Å²) in [5.74, 6) is 0. The minimum atomic E-state index is -0.137. The zero-order chi connectivity index (χ0) is 9.68. The second-order valence-corrected chi connectivity index (χ2v) is 5.38. The van der Waals surface area contributed by atoms with Gasteiger partial charge < -0.3 is 5.32 Å². The van der Waals surface area contributed by atoms with E-state index in [1.165, 1.54) is 19.3 Å². The van der Waals surface area contributed by atoms with E-state index in [1.807, 2.05) is 12.5 Å². The topological polar surface area (TPSA) is 41.5 Å². The number of nitrogens with zero attached hydrogens (tertiary/aromatic N) is 1. The SMILES string of the molecule is CS(C)=NC(=O)NC1CCCCC1. The van der Waals surface area contributed by atoms with Crippen LogP contribution < -0.4 is 5.32 Å². The number of hydrogen-bond donors (Lipinski definition) is 1. The van der Waals surface area contributed by atoms with Crippen molar-refractivity contribution < 1.29 is 4.79 Å². The summed E-state index contributed by atoms with van der Waals surface area (Å²) in [5, 5.41) is 2.95. The van der Waals surface area contributed by atoms with Crippen molar-refractivity contribution in [1.82, 2.24) is 5.32 Å². The Bertz CT molecular complexity index is 206. The first-order valence-corrected chi connectivity index (χ1v) is 6.78. The standard InChI is InChI=1S/C9H18N2OS/c1-13(2)11-9(12)10-8-6-4-3-5-7-8/h8H,3-7H2,1-2H3,(H,10,12). The fraction of sp³-hybridized carbons (Fsp3) is 0.889. The molecule has 0 radical (unpaired) electrons. The van der Waals surface area contributed by atoms with E-state index in [2.05, 4.69) is 9.68 Å². The van der Waals surface area contributed by atoms with Gasteiger partial charge in [-0.2, -0.15) is 4.36 Å². The maximum Gasteiger partial charge on any atom is 0.347 e. The zero-order valence-corrected chi connectivity index (χ0v) is 9.19. The van der Waals surface area contributed by atoms with Crippen LogP contribution in [-0.2, 0) is 10.7 Å². The van der Waals surface area contributed by atoms with E-state index in [-0.39, 0.29) is 16.7 Å². The monoisotopic (exact) mass is 202 g/mol. The van der Waals surface area contributed by atoms with Crippen LogP contribution in [0.2, 0.25) is 0 Å². The molecule has 0 aromatic carbocycles. The quantitative estimate of drug-likeness (QED) is 0.695. The Morgan fingerprint density at radius 2 is 1.92 bits per heavy atom. The molecule has 13 heavy (non-hydrogen) atoms. The van der Waals surface area contributed by atoms with Crippen LogP contribution in [0.15, 0.2) is 4.36 Å². The fourth-order valence-electron chi connectivity index (χ4n) is 1.61. The van der Waals surface area contributed by atoms with Gasteiger partial charge in [-0.25, -0.2) is 4.79 Å². The molecule has 1 N–H and O–H groups in total. The molecular formula is C9H18N2OS. The number of amides is 2. The third-order valence-electron chi connectivity index (χ3n) is 2.20. The number of carbonyl (C=O) groups excluding carboxylic acids is 1. The third-order valence-corrected chi connectivity index (χ3v) is 2.73. The lowest BCUT2D eigenvalue weighted by Crippen LogP contribution is -2.34. The highest BCUT2D eigenvalue weighted by Crippen LogP contribution is 2.17. The fourth-order valence-corrected chi connectivity index (χ4v) is 2.00. The van der Waals surface area contributed by atoms with Gasteiger partial charge in [0.1, 0.15) is 0 Å². The van der Waals surface area contributed by atoms with Crippen LogP contribution >= 0.6 is 0 Å². The molecule has 0 spiro atoms. The molecule has 1 rings (SSSR count). The maximum atomic E-state index is 11.3. The first-order chi connectivity index (χ1) is 6.18. The highest BCUT2D eigenvalue weighted by molar-refractivity contribution is 7.86. The molecule has 0 saturated heterocycles. The van der Waals surface area contributed by atoms with Crippen molar-refractivity contribution in [2.75, 3.05) is 12.5 Å². The van der Waals surface area contributed by atoms with Crippen LogP contribution in [0, 0.1) is 0 Å².